The number of methoxy groups -OCH3 is 2. The van der Waals surface area contributed by atoms with Gasteiger partial charge in [0.05, 0.1) is 28.1 Å². The summed E-state index contributed by atoms with van der Waals surface area (Å²) in [4.78, 5) is 2.57. The summed E-state index contributed by atoms with van der Waals surface area (Å²) in [7, 11) is -1.18. The van der Waals surface area contributed by atoms with Crippen LogP contribution in [0.5, 0.6) is 17.2 Å². The first kappa shape index (κ1) is 19.7. The topological polar surface area (TPSA) is 130 Å². The monoisotopic (exact) mass is 415 g/mol. The van der Waals surface area contributed by atoms with Crippen LogP contribution in [0, 0.1) is 10.2 Å². The molecule has 9 nitrogen and oxygen atoms in total. The fourth-order valence-electron chi connectivity index (χ4n) is 4.92. The molecule has 28 heavy (non-hydrogen) atoms. The molecule has 0 spiro atoms. The first-order valence-corrected chi connectivity index (χ1v) is 10.1. The average Bonchev–Trinajstić information content (AvgIpc) is 3.21. The highest BCUT2D eigenvalue weighted by Gasteiger charge is 2.54. The molecule has 0 aromatic heterocycles. The Bertz CT molecular complexity index is 789. The number of ether oxygens (including phenoxy) is 4. The molecule has 3 heterocycles. The van der Waals surface area contributed by atoms with Gasteiger partial charge >= 0.3 is 0 Å². The van der Waals surface area contributed by atoms with Crippen molar-refractivity contribution in [3.05, 3.63) is 29.3 Å². The zero-order chi connectivity index (χ0) is 20.1. The molecule has 1 aliphatic carbocycles. The van der Waals surface area contributed by atoms with Gasteiger partial charge in [0.1, 0.15) is 0 Å². The summed E-state index contributed by atoms with van der Waals surface area (Å²) in [6.07, 6.45) is 7.00. The lowest BCUT2D eigenvalue weighted by Gasteiger charge is -2.46. The lowest BCUT2D eigenvalue weighted by molar-refractivity contribution is -1.92. The Labute approximate surface area is 164 Å². The average molecular weight is 416 g/mol. The number of nitrogens with zero attached hydrogens (tertiary/aromatic N) is 1. The number of hydrogen-bond donors (Lipinski definition) is 1. The lowest BCUT2D eigenvalue weighted by atomic mass is 9.66. The summed E-state index contributed by atoms with van der Waals surface area (Å²) >= 11 is 0. The van der Waals surface area contributed by atoms with Crippen LogP contribution >= 0.6 is 0 Å². The van der Waals surface area contributed by atoms with Crippen LogP contribution in [0.15, 0.2) is 18.2 Å². The Morgan fingerprint density at radius 1 is 1.29 bits per heavy atom. The minimum Gasteiger partial charge on any atom is -0.492 e. The SMILES string of the molecule is COc1c2c(cc3c1OCO3)[C@]13C=CC(OC)C[C@H]1N(CC3)C2.[O-][Cl+3]([O-])([O-])O. The molecule has 2 unspecified atom stereocenters. The molecule has 2 bridgehead atoms. The predicted octanol–water partition coefficient (Wildman–Crippen LogP) is -1.90. The Morgan fingerprint density at radius 3 is 2.71 bits per heavy atom. The zero-order valence-corrected chi connectivity index (χ0v) is 16.3. The molecule has 3 aliphatic heterocycles. The first-order chi connectivity index (χ1) is 13.3. The van der Waals surface area contributed by atoms with E-state index in [1.54, 1.807) is 14.2 Å². The van der Waals surface area contributed by atoms with E-state index in [1.165, 1.54) is 11.1 Å². The summed E-state index contributed by atoms with van der Waals surface area (Å²) in [6.45, 7) is 2.29. The van der Waals surface area contributed by atoms with Crippen molar-refractivity contribution < 1.29 is 47.8 Å². The van der Waals surface area contributed by atoms with Crippen LogP contribution in [-0.4, -0.2) is 49.3 Å². The maximum absolute atomic E-state index is 8.60. The molecule has 4 aliphatic rings. The maximum Gasteiger partial charge on any atom is 0.231 e. The molecule has 4 atom stereocenters. The number of hydrogen-bond acceptors (Lipinski definition) is 9. The number of rotatable bonds is 2. The first-order valence-electron chi connectivity index (χ1n) is 8.86. The van der Waals surface area contributed by atoms with Gasteiger partial charge in [0.25, 0.3) is 0 Å². The highest BCUT2D eigenvalue weighted by molar-refractivity contribution is 5.64. The van der Waals surface area contributed by atoms with Gasteiger partial charge in [0, 0.05) is 37.2 Å². The third kappa shape index (κ3) is 3.22. The van der Waals surface area contributed by atoms with E-state index in [2.05, 4.69) is 23.1 Å². The van der Waals surface area contributed by atoms with Gasteiger partial charge in [0.2, 0.25) is 12.5 Å². The fourth-order valence-corrected chi connectivity index (χ4v) is 4.92. The molecule has 0 amide bonds. The van der Waals surface area contributed by atoms with Gasteiger partial charge in [-0.05, 0) is 24.5 Å². The van der Waals surface area contributed by atoms with E-state index < -0.39 is 10.2 Å². The van der Waals surface area contributed by atoms with E-state index in [0.29, 0.717) is 6.04 Å². The molecule has 1 saturated heterocycles. The summed E-state index contributed by atoms with van der Waals surface area (Å²) in [5.74, 6) is 2.43. The van der Waals surface area contributed by atoms with Crippen LogP contribution in [-0.2, 0) is 16.7 Å². The fraction of sp³-hybridized carbons (Fsp3) is 0.556. The zero-order valence-electron chi connectivity index (χ0n) is 15.6. The molecule has 1 aromatic carbocycles. The van der Waals surface area contributed by atoms with Gasteiger partial charge in [-0.15, -0.1) is 0 Å². The van der Waals surface area contributed by atoms with Crippen LogP contribution < -0.4 is 28.2 Å². The Balaban J connectivity index is 0.000000346. The minimum absolute atomic E-state index is 0.0525. The van der Waals surface area contributed by atoms with Crippen molar-refractivity contribution in [2.75, 3.05) is 27.6 Å². The van der Waals surface area contributed by atoms with Crippen LogP contribution in [0.4, 0.5) is 0 Å². The molecule has 5 rings (SSSR count). The third-order valence-corrected chi connectivity index (χ3v) is 6.00. The van der Waals surface area contributed by atoms with Crippen molar-refractivity contribution in [3.8, 4) is 17.2 Å². The molecular weight excluding hydrogens is 394 g/mol. The van der Waals surface area contributed by atoms with E-state index in [-0.39, 0.29) is 18.3 Å². The minimum atomic E-state index is -4.69. The van der Waals surface area contributed by atoms with Gasteiger partial charge in [-0.3, -0.25) is 4.90 Å². The molecule has 1 aromatic rings. The second-order valence-electron chi connectivity index (χ2n) is 7.21. The summed E-state index contributed by atoms with van der Waals surface area (Å²) in [6, 6.07) is 2.68. The van der Waals surface area contributed by atoms with E-state index in [0.717, 1.165) is 43.2 Å². The molecule has 154 valence electrons. The maximum atomic E-state index is 8.60. The van der Waals surface area contributed by atoms with Crippen molar-refractivity contribution >= 4 is 0 Å². The van der Waals surface area contributed by atoms with Crippen LogP contribution in [0.2, 0.25) is 0 Å². The van der Waals surface area contributed by atoms with Crippen LogP contribution in [0.25, 0.3) is 0 Å². The van der Waals surface area contributed by atoms with Crippen LogP contribution in [0.1, 0.15) is 24.0 Å². The number of benzene rings is 1. The summed E-state index contributed by atoms with van der Waals surface area (Å²) < 4.78 is 55.3. The van der Waals surface area contributed by atoms with E-state index >= 15 is 0 Å². The molecular formula is C18H22ClNO8. The van der Waals surface area contributed by atoms with Gasteiger partial charge in [-0.1, -0.05) is 12.2 Å². The molecule has 0 radical (unpaired) electrons. The quantitative estimate of drug-likeness (QED) is 0.550. The van der Waals surface area contributed by atoms with Crippen molar-refractivity contribution in [2.24, 2.45) is 0 Å². The van der Waals surface area contributed by atoms with Crippen molar-refractivity contribution in [1.82, 2.24) is 4.90 Å². The molecule has 1 fully saturated rings. The van der Waals surface area contributed by atoms with Crippen molar-refractivity contribution in [1.29, 1.82) is 0 Å². The van der Waals surface area contributed by atoms with Gasteiger partial charge in [-0.2, -0.15) is 14.0 Å². The van der Waals surface area contributed by atoms with E-state index in [4.69, 9.17) is 37.6 Å². The highest BCUT2D eigenvalue weighted by atomic mass is 35.7. The van der Waals surface area contributed by atoms with E-state index in [9.17, 15) is 0 Å². The van der Waals surface area contributed by atoms with E-state index in [1.807, 2.05) is 0 Å². The summed E-state index contributed by atoms with van der Waals surface area (Å²) in [5, 5.41) is 0. The van der Waals surface area contributed by atoms with Crippen LogP contribution in [0.3, 0.4) is 0 Å². The Hall–Kier alpha value is -1.59. The predicted molar refractivity (Wildman–Crippen MR) is 86.4 cm³/mol. The highest BCUT2D eigenvalue weighted by Crippen LogP contribution is 2.57. The second kappa shape index (κ2) is 7.03. The lowest BCUT2D eigenvalue weighted by Crippen LogP contribution is -2.58. The number of halogens is 1. The standard InChI is InChI=1S/C18H21NO4.ClHO4/c1-20-11-3-4-18-5-6-19(15(18)7-11)9-12-13(18)8-14-17(16(12)21-2)23-10-22-14;2-1(3,4)5/h3-4,8,11,15H,5-7,9-10H2,1-2H3;(H,2,3,4,5)/t11?,15-,18-;/m1./s1. The number of fused-ring (bicyclic) bond motifs is 2. The second-order valence-corrected chi connectivity index (χ2v) is 8.00. The van der Waals surface area contributed by atoms with Gasteiger partial charge in [0.15, 0.2) is 11.5 Å². The Kier molecular flexibility index (Phi) is 4.95. The molecule has 0 saturated carbocycles. The van der Waals surface area contributed by atoms with Gasteiger partial charge < -0.3 is 18.9 Å². The molecule has 1 N–H and O–H groups in total. The van der Waals surface area contributed by atoms with Crippen molar-refractivity contribution in [2.45, 2.75) is 36.9 Å². The summed E-state index contributed by atoms with van der Waals surface area (Å²) in [5.41, 5.74) is 2.66. The normalized spacial score (nSPS) is 31.6. The van der Waals surface area contributed by atoms with Gasteiger partial charge in [-0.25, -0.2) is 0 Å². The third-order valence-electron chi connectivity index (χ3n) is 6.00. The van der Waals surface area contributed by atoms with Crippen molar-refractivity contribution in [3.63, 3.8) is 0 Å². The Morgan fingerprint density at radius 2 is 2.04 bits per heavy atom. The largest absolute Gasteiger partial charge is 0.492 e. The smallest absolute Gasteiger partial charge is 0.231 e. The molecule has 10 heteroatoms.